The standard InChI is InChI=1S/C23H35NO3.CH2S/c1-5-24-19-9-7-16-17-8-6-15(14-21(26)27-4)22(17,2)12-10-18(16)23(19,3)13-11-20(24)25;1-2/h11,13,15-19H,5-10,12,14H2,1-4H3;1H2. The minimum atomic E-state index is -0.0491. The molecule has 0 N–H and O–H groups in total. The van der Waals surface area contributed by atoms with Gasteiger partial charge in [0.2, 0.25) is 5.91 Å². The van der Waals surface area contributed by atoms with Crippen molar-refractivity contribution >= 4 is 30.0 Å². The second-order valence-corrected chi connectivity index (χ2v) is 9.89. The number of esters is 1. The van der Waals surface area contributed by atoms with Crippen molar-refractivity contribution < 1.29 is 14.3 Å². The van der Waals surface area contributed by atoms with Gasteiger partial charge in [0, 0.05) is 24.4 Å². The number of thiocarbonyl (C=S) groups is 1. The number of fused-ring (bicyclic) bond motifs is 5. The highest BCUT2D eigenvalue weighted by Crippen LogP contribution is 2.66. The van der Waals surface area contributed by atoms with Crippen LogP contribution >= 0.6 is 12.2 Å². The van der Waals surface area contributed by atoms with Crippen LogP contribution in [0.5, 0.6) is 0 Å². The number of amides is 1. The number of hydrogen-bond donors (Lipinski definition) is 0. The molecule has 4 rings (SSSR count). The molecule has 4 aliphatic rings. The molecule has 0 aromatic rings. The van der Waals surface area contributed by atoms with Gasteiger partial charge >= 0.3 is 5.97 Å². The zero-order valence-electron chi connectivity index (χ0n) is 18.5. The van der Waals surface area contributed by atoms with Crippen LogP contribution in [-0.2, 0) is 14.3 Å². The highest BCUT2D eigenvalue weighted by atomic mass is 32.1. The van der Waals surface area contributed by atoms with E-state index in [4.69, 9.17) is 4.74 Å². The van der Waals surface area contributed by atoms with Crippen LogP contribution < -0.4 is 0 Å². The third kappa shape index (κ3) is 3.47. The third-order valence-electron chi connectivity index (χ3n) is 9.15. The van der Waals surface area contributed by atoms with Gasteiger partial charge in [-0.3, -0.25) is 9.59 Å². The number of hydrogen-bond acceptors (Lipinski definition) is 4. The first-order chi connectivity index (χ1) is 13.8. The van der Waals surface area contributed by atoms with E-state index in [0.717, 1.165) is 25.3 Å². The zero-order valence-corrected chi connectivity index (χ0v) is 19.3. The molecule has 0 spiro atoms. The normalized spacial score (nSPS) is 42.8. The van der Waals surface area contributed by atoms with Gasteiger partial charge in [0.1, 0.15) is 0 Å². The summed E-state index contributed by atoms with van der Waals surface area (Å²) in [4.78, 5) is 26.4. The van der Waals surface area contributed by atoms with Crippen LogP contribution in [0.15, 0.2) is 12.2 Å². The van der Waals surface area contributed by atoms with Crippen LogP contribution in [0.3, 0.4) is 0 Å². The van der Waals surface area contributed by atoms with Crippen LogP contribution in [0.4, 0.5) is 0 Å². The fraction of sp³-hybridized carbons (Fsp3) is 0.792. The van der Waals surface area contributed by atoms with Crippen molar-refractivity contribution in [2.75, 3.05) is 13.7 Å². The Morgan fingerprint density at radius 2 is 1.93 bits per heavy atom. The minimum absolute atomic E-state index is 0.0491. The molecule has 0 bridgehead atoms. The van der Waals surface area contributed by atoms with E-state index in [0.29, 0.717) is 30.2 Å². The van der Waals surface area contributed by atoms with Crippen LogP contribution in [0, 0.1) is 34.5 Å². The average molecular weight is 420 g/mol. The summed E-state index contributed by atoms with van der Waals surface area (Å²) in [5, 5.41) is 0. The van der Waals surface area contributed by atoms with E-state index >= 15 is 0 Å². The number of methoxy groups -OCH3 is 1. The average Bonchev–Trinajstić information content (AvgIpc) is 3.06. The number of ether oxygens (including phenoxy) is 1. The topological polar surface area (TPSA) is 46.6 Å². The molecule has 4 nitrogen and oxygen atoms in total. The summed E-state index contributed by atoms with van der Waals surface area (Å²) in [7, 11) is 1.51. The molecule has 7 unspecified atom stereocenters. The van der Waals surface area contributed by atoms with E-state index in [1.165, 1.54) is 32.8 Å². The van der Waals surface area contributed by atoms with Crippen LogP contribution in [0.25, 0.3) is 0 Å². The summed E-state index contributed by atoms with van der Waals surface area (Å²) < 4.78 is 4.98. The van der Waals surface area contributed by atoms with Gasteiger partial charge in [-0.2, -0.15) is 0 Å². The second-order valence-electron chi connectivity index (χ2n) is 9.89. The first-order valence-electron chi connectivity index (χ1n) is 11.2. The summed E-state index contributed by atoms with van der Waals surface area (Å²) in [5.41, 5.74) is 0.381. The number of nitrogens with zero attached hydrogens (tertiary/aromatic N) is 1. The Balaban J connectivity index is 0.00000117. The molecule has 0 aromatic heterocycles. The summed E-state index contributed by atoms with van der Waals surface area (Å²) in [5.74, 6) is 5.54. The van der Waals surface area contributed by atoms with Crippen molar-refractivity contribution in [3.63, 3.8) is 0 Å². The highest BCUT2D eigenvalue weighted by molar-refractivity contribution is 7.77. The van der Waals surface area contributed by atoms with Crippen molar-refractivity contribution in [3.8, 4) is 0 Å². The maximum Gasteiger partial charge on any atom is 0.305 e. The van der Waals surface area contributed by atoms with Gasteiger partial charge in [-0.1, -0.05) is 32.1 Å². The molecule has 3 fully saturated rings. The lowest BCUT2D eigenvalue weighted by Gasteiger charge is -2.60. The number of likely N-dealkylation sites (N-methyl/N-ethyl adjacent to an activating group) is 1. The molecular weight excluding hydrogens is 382 g/mol. The maximum atomic E-state index is 12.4. The largest absolute Gasteiger partial charge is 0.469 e. The first kappa shape index (κ1) is 22.5. The van der Waals surface area contributed by atoms with Crippen molar-refractivity contribution in [3.05, 3.63) is 12.2 Å². The van der Waals surface area contributed by atoms with Crippen molar-refractivity contribution in [2.24, 2.45) is 34.5 Å². The van der Waals surface area contributed by atoms with Gasteiger partial charge in [-0.05, 0) is 86.5 Å². The predicted octanol–water partition coefficient (Wildman–Crippen LogP) is 4.81. The molecule has 1 aliphatic heterocycles. The summed E-state index contributed by atoms with van der Waals surface area (Å²) in [6.45, 7) is 7.77. The molecule has 0 saturated heterocycles. The zero-order chi connectivity index (χ0) is 21.4. The predicted molar refractivity (Wildman–Crippen MR) is 120 cm³/mol. The fourth-order valence-corrected chi connectivity index (χ4v) is 7.70. The molecule has 3 saturated carbocycles. The number of rotatable bonds is 3. The van der Waals surface area contributed by atoms with Crippen molar-refractivity contribution in [1.29, 1.82) is 0 Å². The van der Waals surface area contributed by atoms with Gasteiger partial charge in [-0.15, -0.1) is 0 Å². The van der Waals surface area contributed by atoms with E-state index in [2.05, 4.69) is 49.8 Å². The SMILES string of the molecule is C=S.CCN1C(=O)C=CC2(C)C3CCC4(C)C(CC(=O)OC)CCC4C3CCC12. The molecule has 0 radical (unpaired) electrons. The molecule has 1 heterocycles. The Kier molecular flexibility index (Phi) is 6.57. The molecule has 1 amide bonds. The first-order valence-corrected chi connectivity index (χ1v) is 11.8. The summed E-state index contributed by atoms with van der Waals surface area (Å²) in [6, 6.07) is 0.359. The minimum Gasteiger partial charge on any atom is -0.469 e. The Bertz CT molecular complexity index is 679. The molecule has 29 heavy (non-hydrogen) atoms. The lowest BCUT2D eigenvalue weighted by Crippen LogP contribution is -2.60. The fourth-order valence-electron chi connectivity index (χ4n) is 7.70. The highest BCUT2D eigenvalue weighted by Gasteiger charge is 2.60. The monoisotopic (exact) mass is 419 g/mol. The molecule has 0 aromatic carbocycles. The second kappa shape index (κ2) is 8.49. The van der Waals surface area contributed by atoms with Crippen molar-refractivity contribution in [1.82, 2.24) is 4.90 Å². The van der Waals surface area contributed by atoms with Gasteiger partial charge in [-0.25, -0.2) is 0 Å². The Hall–Kier alpha value is -1.23. The molecule has 162 valence electrons. The van der Waals surface area contributed by atoms with Crippen molar-refractivity contribution in [2.45, 2.75) is 71.8 Å². The van der Waals surface area contributed by atoms with Crippen LogP contribution in [0.2, 0.25) is 0 Å². The number of carbonyl (C=O) groups excluding carboxylic acids is 2. The van der Waals surface area contributed by atoms with E-state index in [1.807, 2.05) is 6.08 Å². The van der Waals surface area contributed by atoms with E-state index in [9.17, 15) is 9.59 Å². The van der Waals surface area contributed by atoms with E-state index in [1.54, 1.807) is 0 Å². The third-order valence-corrected chi connectivity index (χ3v) is 9.15. The van der Waals surface area contributed by atoms with E-state index < -0.39 is 0 Å². The summed E-state index contributed by atoms with van der Waals surface area (Å²) in [6.07, 6.45) is 11.9. The Morgan fingerprint density at radius 3 is 2.59 bits per heavy atom. The number of carbonyl (C=O) groups is 2. The van der Waals surface area contributed by atoms with Gasteiger partial charge in [0.25, 0.3) is 0 Å². The van der Waals surface area contributed by atoms with Gasteiger partial charge in [0.15, 0.2) is 0 Å². The Labute approximate surface area is 181 Å². The lowest BCUT2D eigenvalue weighted by molar-refractivity contribution is -0.145. The van der Waals surface area contributed by atoms with Crippen LogP contribution in [-0.4, -0.2) is 42.3 Å². The molecule has 3 aliphatic carbocycles. The van der Waals surface area contributed by atoms with E-state index in [-0.39, 0.29) is 22.7 Å². The smallest absolute Gasteiger partial charge is 0.305 e. The van der Waals surface area contributed by atoms with Gasteiger partial charge < -0.3 is 9.64 Å². The maximum absolute atomic E-state index is 12.4. The summed E-state index contributed by atoms with van der Waals surface area (Å²) >= 11 is 3.83. The van der Waals surface area contributed by atoms with Crippen LogP contribution in [0.1, 0.15) is 65.7 Å². The molecule has 7 atom stereocenters. The Morgan fingerprint density at radius 1 is 1.21 bits per heavy atom. The lowest BCUT2D eigenvalue weighted by atomic mass is 9.47. The quantitative estimate of drug-likeness (QED) is 0.486. The molecular formula is C24H37NO3S. The van der Waals surface area contributed by atoms with Gasteiger partial charge in [0.05, 0.1) is 7.11 Å². The molecule has 5 heteroatoms.